The molecule has 0 aliphatic carbocycles. The van der Waals surface area contributed by atoms with Gasteiger partial charge in [0, 0.05) is 18.5 Å². The van der Waals surface area contributed by atoms with Crippen LogP contribution in [0.25, 0.3) is 0 Å². The Morgan fingerprint density at radius 1 is 1.06 bits per heavy atom. The zero-order valence-electron chi connectivity index (χ0n) is 20.6. The van der Waals surface area contributed by atoms with Crippen LogP contribution < -0.4 is 9.47 Å². The number of hydrogen-bond acceptors (Lipinski definition) is 7. The highest BCUT2D eigenvalue weighted by Gasteiger charge is 2.36. The van der Waals surface area contributed by atoms with Crippen LogP contribution in [-0.4, -0.2) is 68.0 Å². The molecule has 0 aromatic heterocycles. The number of carbonyl (C=O) groups excluding carboxylic acids is 2. The molecule has 2 aliphatic heterocycles. The fourth-order valence-electron chi connectivity index (χ4n) is 4.79. The Bertz CT molecular complexity index is 1070. The molecule has 1 fully saturated rings. The molecular formula is C27H33N3O5. The normalized spacial score (nSPS) is 20.3. The molecule has 0 N–H and O–H groups in total. The van der Waals surface area contributed by atoms with Crippen LogP contribution in [0.4, 0.5) is 0 Å². The predicted molar refractivity (Wildman–Crippen MR) is 133 cm³/mol. The number of piperidine rings is 1. The lowest BCUT2D eigenvalue weighted by atomic mass is 9.97. The first kappa shape index (κ1) is 24.7. The first-order valence-corrected chi connectivity index (χ1v) is 12.1. The Labute approximate surface area is 206 Å². The fourth-order valence-corrected chi connectivity index (χ4v) is 4.79. The monoisotopic (exact) mass is 479 g/mol. The minimum atomic E-state index is -0.237. The maximum Gasteiger partial charge on any atom is 0.310 e. The van der Waals surface area contributed by atoms with Gasteiger partial charge in [-0.15, -0.1) is 0 Å². The second-order valence-corrected chi connectivity index (χ2v) is 8.80. The van der Waals surface area contributed by atoms with Crippen LogP contribution in [-0.2, 0) is 14.3 Å². The lowest BCUT2D eigenvalue weighted by Gasteiger charge is -2.32. The number of hydrazone groups is 1. The highest BCUT2D eigenvalue weighted by atomic mass is 16.5. The fraction of sp³-hybridized carbons (Fsp3) is 0.444. The van der Waals surface area contributed by atoms with Crippen molar-refractivity contribution in [3.63, 3.8) is 0 Å². The number of carbonyl (C=O) groups is 2. The Hall–Kier alpha value is -3.39. The summed E-state index contributed by atoms with van der Waals surface area (Å²) in [4.78, 5) is 27.8. The van der Waals surface area contributed by atoms with Crippen LogP contribution in [0.1, 0.15) is 43.4 Å². The highest BCUT2D eigenvalue weighted by molar-refractivity contribution is 6.05. The molecule has 8 heteroatoms. The third kappa shape index (κ3) is 5.65. The summed E-state index contributed by atoms with van der Waals surface area (Å²) in [6.45, 7) is 3.67. The molecule has 2 aromatic rings. The van der Waals surface area contributed by atoms with Crippen molar-refractivity contribution in [2.45, 2.75) is 32.2 Å². The number of benzene rings is 2. The second-order valence-electron chi connectivity index (χ2n) is 8.80. The number of rotatable bonds is 8. The largest absolute Gasteiger partial charge is 0.497 e. The molecule has 1 saturated heterocycles. The van der Waals surface area contributed by atoms with Gasteiger partial charge in [-0.1, -0.05) is 24.3 Å². The summed E-state index contributed by atoms with van der Waals surface area (Å²) in [5.74, 6) is 1.01. The molecule has 0 radical (unpaired) electrons. The minimum absolute atomic E-state index is 0.0970. The molecule has 8 nitrogen and oxygen atoms in total. The van der Waals surface area contributed by atoms with Crippen LogP contribution in [0.2, 0.25) is 0 Å². The van der Waals surface area contributed by atoms with Gasteiger partial charge in [-0.05, 0) is 56.1 Å². The molecule has 0 spiro atoms. The van der Waals surface area contributed by atoms with Crippen LogP contribution in [0, 0.1) is 5.92 Å². The van der Waals surface area contributed by atoms with E-state index in [0.717, 1.165) is 47.7 Å². The number of hydrogen-bond donors (Lipinski definition) is 0. The predicted octanol–water partition coefficient (Wildman–Crippen LogP) is 3.66. The van der Waals surface area contributed by atoms with Gasteiger partial charge in [0.25, 0.3) is 5.91 Å². The number of ether oxygens (including phenoxy) is 3. The molecule has 2 aliphatic rings. The number of para-hydroxylation sites is 1. The van der Waals surface area contributed by atoms with Crippen molar-refractivity contribution in [3.8, 4) is 11.5 Å². The Kier molecular flexibility index (Phi) is 8.02. The minimum Gasteiger partial charge on any atom is -0.497 e. The van der Waals surface area contributed by atoms with Gasteiger partial charge in [-0.25, -0.2) is 5.01 Å². The number of methoxy groups -OCH3 is 2. The molecule has 186 valence electrons. The summed E-state index contributed by atoms with van der Waals surface area (Å²) < 4.78 is 16.1. The van der Waals surface area contributed by atoms with Crippen molar-refractivity contribution in [1.29, 1.82) is 0 Å². The maximum absolute atomic E-state index is 13.6. The number of nitrogens with zero attached hydrogens (tertiary/aromatic N) is 3. The van der Waals surface area contributed by atoms with Gasteiger partial charge in [0.2, 0.25) is 0 Å². The topological polar surface area (TPSA) is 80.7 Å². The SMILES string of the molecule is CCOC(=O)C1CCCN(CC(=O)N2N=C(c3ccccc3OC)CC2c2ccc(OC)cc2)C1. The van der Waals surface area contributed by atoms with E-state index in [0.29, 0.717) is 19.6 Å². The van der Waals surface area contributed by atoms with Crippen molar-refractivity contribution in [1.82, 2.24) is 9.91 Å². The van der Waals surface area contributed by atoms with Crippen molar-refractivity contribution in [2.75, 3.05) is 40.5 Å². The molecule has 0 saturated carbocycles. The average Bonchev–Trinajstić information content (AvgIpc) is 3.34. The molecular weight excluding hydrogens is 446 g/mol. The Balaban J connectivity index is 1.57. The van der Waals surface area contributed by atoms with E-state index in [2.05, 4.69) is 0 Å². The standard InChI is InChI=1S/C27H33N3O5/c1-4-35-27(32)20-8-7-15-29(17-20)18-26(31)30-24(19-11-13-21(33-2)14-12-19)16-23(28-30)22-9-5-6-10-25(22)34-3/h5-6,9-14,20,24H,4,7-8,15-18H2,1-3H3. The molecule has 35 heavy (non-hydrogen) atoms. The van der Waals surface area contributed by atoms with Crippen LogP contribution >= 0.6 is 0 Å². The summed E-state index contributed by atoms with van der Waals surface area (Å²) in [7, 11) is 3.26. The zero-order chi connectivity index (χ0) is 24.8. The molecule has 2 aromatic carbocycles. The van der Waals surface area contributed by atoms with Gasteiger partial charge >= 0.3 is 5.97 Å². The van der Waals surface area contributed by atoms with Gasteiger partial charge in [0.15, 0.2) is 0 Å². The lowest BCUT2D eigenvalue weighted by Crippen LogP contribution is -2.44. The van der Waals surface area contributed by atoms with Gasteiger partial charge in [-0.3, -0.25) is 14.5 Å². The Morgan fingerprint density at radius 2 is 1.83 bits per heavy atom. The molecule has 2 atom stereocenters. The van der Waals surface area contributed by atoms with Crippen LogP contribution in [0.15, 0.2) is 53.6 Å². The molecule has 4 rings (SSSR count). The first-order chi connectivity index (χ1) is 17.0. The summed E-state index contributed by atoms with van der Waals surface area (Å²) in [5.41, 5.74) is 2.67. The van der Waals surface area contributed by atoms with E-state index in [4.69, 9.17) is 19.3 Å². The van der Waals surface area contributed by atoms with Crippen molar-refractivity contribution in [3.05, 3.63) is 59.7 Å². The number of likely N-dealkylation sites (tertiary alicyclic amines) is 1. The van der Waals surface area contributed by atoms with Gasteiger partial charge in [-0.2, -0.15) is 5.10 Å². The van der Waals surface area contributed by atoms with E-state index >= 15 is 0 Å². The van der Waals surface area contributed by atoms with E-state index in [9.17, 15) is 9.59 Å². The van der Waals surface area contributed by atoms with E-state index in [1.165, 1.54) is 0 Å². The first-order valence-electron chi connectivity index (χ1n) is 12.1. The van der Waals surface area contributed by atoms with Crippen molar-refractivity contribution >= 4 is 17.6 Å². The second kappa shape index (κ2) is 11.4. The van der Waals surface area contributed by atoms with E-state index in [-0.39, 0.29) is 30.4 Å². The van der Waals surface area contributed by atoms with E-state index in [1.54, 1.807) is 19.2 Å². The van der Waals surface area contributed by atoms with Gasteiger partial charge in [0.1, 0.15) is 11.5 Å². The molecule has 2 unspecified atom stereocenters. The smallest absolute Gasteiger partial charge is 0.310 e. The summed E-state index contributed by atoms with van der Waals surface area (Å²) in [6, 6.07) is 15.2. The zero-order valence-corrected chi connectivity index (χ0v) is 20.6. The Morgan fingerprint density at radius 3 is 2.54 bits per heavy atom. The quantitative estimate of drug-likeness (QED) is 0.538. The lowest BCUT2D eigenvalue weighted by molar-refractivity contribution is -0.150. The highest BCUT2D eigenvalue weighted by Crippen LogP contribution is 2.35. The molecule has 1 amide bonds. The summed E-state index contributed by atoms with van der Waals surface area (Å²) >= 11 is 0. The van der Waals surface area contributed by atoms with Crippen molar-refractivity contribution in [2.24, 2.45) is 11.0 Å². The van der Waals surface area contributed by atoms with E-state index < -0.39 is 0 Å². The van der Waals surface area contributed by atoms with E-state index in [1.807, 2.05) is 60.4 Å². The number of esters is 1. The van der Waals surface area contributed by atoms with Gasteiger partial charge < -0.3 is 14.2 Å². The third-order valence-corrected chi connectivity index (χ3v) is 6.57. The third-order valence-electron chi connectivity index (χ3n) is 6.57. The van der Waals surface area contributed by atoms with Crippen LogP contribution in [0.5, 0.6) is 11.5 Å². The van der Waals surface area contributed by atoms with Crippen LogP contribution in [0.3, 0.4) is 0 Å². The molecule has 0 bridgehead atoms. The average molecular weight is 480 g/mol. The summed E-state index contributed by atoms with van der Waals surface area (Å²) in [6.07, 6.45) is 2.22. The maximum atomic E-state index is 13.6. The van der Waals surface area contributed by atoms with Crippen molar-refractivity contribution < 1.29 is 23.8 Å². The van der Waals surface area contributed by atoms with Gasteiger partial charge in [0.05, 0.1) is 45.0 Å². The number of amides is 1. The summed E-state index contributed by atoms with van der Waals surface area (Å²) in [5, 5.41) is 6.38. The molecule has 2 heterocycles.